The zero-order chi connectivity index (χ0) is 15.0. The zero-order valence-electron chi connectivity index (χ0n) is 12.7. The minimum absolute atomic E-state index is 0.0499. The summed E-state index contributed by atoms with van der Waals surface area (Å²) in [4.78, 5) is 12.1. The summed E-state index contributed by atoms with van der Waals surface area (Å²) in [6.07, 6.45) is 4.91. The van der Waals surface area contributed by atoms with Crippen molar-refractivity contribution in [1.82, 2.24) is 0 Å². The molecule has 20 heavy (non-hydrogen) atoms. The highest BCUT2D eigenvalue weighted by Gasteiger charge is 2.68. The SMILES string of the molecule is COC1C(=O)CCC2(CO2)C1(O)/C(C)=C/CC=C(C)C. The summed E-state index contributed by atoms with van der Waals surface area (Å²) in [5, 5.41) is 11.2. The fourth-order valence-electron chi connectivity index (χ4n) is 3.07. The summed E-state index contributed by atoms with van der Waals surface area (Å²) in [6, 6.07) is 0. The Morgan fingerprint density at radius 2 is 2.10 bits per heavy atom. The highest BCUT2D eigenvalue weighted by molar-refractivity contribution is 5.87. The van der Waals surface area contributed by atoms with Gasteiger partial charge in [-0.2, -0.15) is 0 Å². The van der Waals surface area contributed by atoms with Crippen LogP contribution in [0.2, 0.25) is 0 Å². The molecule has 112 valence electrons. The van der Waals surface area contributed by atoms with Gasteiger partial charge in [0.1, 0.15) is 11.2 Å². The third-order valence-electron chi connectivity index (χ3n) is 4.42. The zero-order valence-corrected chi connectivity index (χ0v) is 12.7. The molecule has 1 saturated heterocycles. The number of ketones is 1. The predicted octanol–water partition coefficient (Wildman–Crippen LogP) is 2.17. The van der Waals surface area contributed by atoms with Crippen molar-refractivity contribution in [1.29, 1.82) is 0 Å². The number of carbonyl (C=O) groups excluding carboxylic acids is 1. The van der Waals surface area contributed by atoms with Crippen LogP contribution >= 0.6 is 0 Å². The molecule has 0 aromatic carbocycles. The van der Waals surface area contributed by atoms with Crippen molar-refractivity contribution in [2.75, 3.05) is 13.7 Å². The number of ether oxygens (including phenoxy) is 2. The van der Waals surface area contributed by atoms with Crippen molar-refractivity contribution in [2.24, 2.45) is 0 Å². The molecule has 1 heterocycles. The highest BCUT2D eigenvalue weighted by Crippen LogP contribution is 2.51. The van der Waals surface area contributed by atoms with Crippen LogP contribution in [0, 0.1) is 0 Å². The van der Waals surface area contributed by atoms with Gasteiger partial charge in [-0.05, 0) is 39.2 Å². The van der Waals surface area contributed by atoms with Crippen molar-refractivity contribution in [2.45, 2.75) is 57.3 Å². The summed E-state index contributed by atoms with van der Waals surface area (Å²) in [7, 11) is 1.47. The molecule has 2 fully saturated rings. The van der Waals surface area contributed by atoms with Gasteiger partial charge in [0.2, 0.25) is 0 Å². The molecule has 2 rings (SSSR count). The maximum absolute atomic E-state index is 12.1. The summed E-state index contributed by atoms with van der Waals surface area (Å²) in [5.41, 5.74) is 0.00790. The van der Waals surface area contributed by atoms with Crippen molar-refractivity contribution in [3.8, 4) is 0 Å². The largest absolute Gasteiger partial charge is 0.379 e. The topological polar surface area (TPSA) is 59.1 Å². The molecule has 1 saturated carbocycles. The minimum atomic E-state index is -1.34. The lowest BCUT2D eigenvalue weighted by atomic mass is 9.68. The lowest BCUT2D eigenvalue weighted by molar-refractivity contribution is -0.163. The molecular formula is C16H24O4. The molecule has 0 bridgehead atoms. The van der Waals surface area contributed by atoms with E-state index in [1.165, 1.54) is 12.7 Å². The molecular weight excluding hydrogens is 256 g/mol. The van der Waals surface area contributed by atoms with Crippen molar-refractivity contribution < 1.29 is 19.4 Å². The molecule has 1 N–H and O–H groups in total. The van der Waals surface area contributed by atoms with Crippen molar-refractivity contribution in [3.63, 3.8) is 0 Å². The van der Waals surface area contributed by atoms with E-state index in [4.69, 9.17) is 9.47 Å². The van der Waals surface area contributed by atoms with E-state index < -0.39 is 17.3 Å². The van der Waals surface area contributed by atoms with Crippen LogP contribution in [0.25, 0.3) is 0 Å². The second-order valence-electron chi connectivity index (χ2n) is 6.04. The molecule has 0 radical (unpaired) electrons. The van der Waals surface area contributed by atoms with Gasteiger partial charge in [-0.3, -0.25) is 4.79 Å². The molecule has 1 spiro atoms. The number of carbonyl (C=O) groups is 1. The Kier molecular flexibility index (Phi) is 4.19. The van der Waals surface area contributed by atoms with Crippen LogP contribution in [-0.4, -0.2) is 41.9 Å². The molecule has 3 atom stereocenters. The van der Waals surface area contributed by atoms with E-state index in [-0.39, 0.29) is 5.78 Å². The van der Waals surface area contributed by atoms with E-state index in [2.05, 4.69) is 6.08 Å². The van der Waals surface area contributed by atoms with E-state index in [1.807, 2.05) is 26.8 Å². The van der Waals surface area contributed by atoms with E-state index in [0.717, 1.165) is 12.0 Å². The molecule has 4 nitrogen and oxygen atoms in total. The summed E-state index contributed by atoms with van der Waals surface area (Å²) in [5.74, 6) is -0.0499. The molecule has 3 unspecified atom stereocenters. The first-order valence-corrected chi connectivity index (χ1v) is 7.10. The Morgan fingerprint density at radius 1 is 1.45 bits per heavy atom. The molecule has 0 amide bonds. The third-order valence-corrected chi connectivity index (χ3v) is 4.42. The number of methoxy groups -OCH3 is 1. The van der Waals surface area contributed by atoms with E-state index >= 15 is 0 Å². The van der Waals surface area contributed by atoms with Gasteiger partial charge in [-0.1, -0.05) is 17.7 Å². The monoisotopic (exact) mass is 280 g/mol. The van der Waals surface area contributed by atoms with Crippen LogP contribution in [0.3, 0.4) is 0 Å². The van der Waals surface area contributed by atoms with Crippen LogP contribution in [0.4, 0.5) is 0 Å². The van der Waals surface area contributed by atoms with E-state index in [9.17, 15) is 9.90 Å². The summed E-state index contributed by atoms with van der Waals surface area (Å²) >= 11 is 0. The van der Waals surface area contributed by atoms with Crippen LogP contribution in [0.1, 0.15) is 40.0 Å². The number of Topliss-reactive ketones (excluding diaryl/α,β-unsaturated/α-hetero) is 1. The lowest BCUT2D eigenvalue weighted by Gasteiger charge is -2.43. The molecule has 1 aliphatic heterocycles. The standard InChI is InChI=1S/C16H24O4/c1-11(2)6-5-7-12(3)16(18)14(19-4)13(17)8-9-15(16)10-20-15/h6-7,14,18H,5,8-10H2,1-4H3/b12-7+. The smallest absolute Gasteiger partial charge is 0.165 e. The van der Waals surface area contributed by atoms with Crippen LogP contribution in [0.15, 0.2) is 23.3 Å². The average Bonchev–Trinajstić information content (AvgIpc) is 3.16. The van der Waals surface area contributed by atoms with E-state index in [0.29, 0.717) is 19.4 Å². The quantitative estimate of drug-likeness (QED) is 0.633. The highest BCUT2D eigenvalue weighted by atomic mass is 16.6. The Hall–Kier alpha value is -0.970. The Morgan fingerprint density at radius 3 is 2.60 bits per heavy atom. The molecule has 0 aromatic rings. The molecule has 0 aromatic heterocycles. The maximum Gasteiger partial charge on any atom is 0.165 e. The van der Waals surface area contributed by atoms with Gasteiger partial charge in [0.05, 0.1) is 6.61 Å². The number of hydrogen-bond acceptors (Lipinski definition) is 4. The van der Waals surface area contributed by atoms with Crippen LogP contribution < -0.4 is 0 Å². The second kappa shape index (κ2) is 5.43. The molecule has 4 heteroatoms. The Labute approximate surface area is 120 Å². The number of hydrogen-bond donors (Lipinski definition) is 1. The Bertz CT molecular complexity index is 455. The number of epoxide rings is 1. The second-order valence-corrected chi connectivity index (χ2v) is 6.04. The third kappa shape index (κ3) is 2.36. The molecule has 2 aliphatic rings. The predicted molar refractivity (Wildman–Crippen MR) is 76.5 cm³/mol. The lowest BCUT2D eigenvalue weighted by Crippen LogP contribution is -2.62. The average molecular weight is 280 g/mol. The fraction of sp³-hybridized carbons (Fsp3) is 0.688. The molecule has 1 aliphatic carbocycles. The normalized spacial score (nSPS) is 37.1. The van der Waals surface area contributed by atoms with E-state index in [1.54, 1.807) is 0 Å². The van der Waals surface area contributed by atoms with Crippen molar-refractivity contribution >= 4 is 5.78 Å². The number of allylic oxidation sites excluding steroid dienone is 3. The summed E-state index contributed by atoms with van der Waals surface area (Å²) in [6.45, 7) is 6.41. The first kappa shape index (κ1) is 15.4. The fourth-order valence-corrected chi connectivity index (χ4v) is 3.07. The van der Waals surface area contributed by atoms with Gasteiger partial charge in [0.15, 0.2) is 11.9 Å². The number of aliphatic hydroxyl groups is 1. The van der Waals surface area contributed by atoms with Crippen LogP contribution in [-0.2, 0) is 14.3 Å². The van der Waals surface area contributed by atoms with Crippen LogP contribution in [0.5, 0.6) is 0 Å². The summed E-state index contributed by atoms with van der Waals surface area (Å²) < 4.78 is 10.9. The van der Waals surface area contributed by atoms with Gasteiger partial charge in [0, 0.05) is 13.5 Å². The van der Waals surface area contributed by atoms with Gasteiger partial charge in [-0.25, -0.2) is 0 Å². The van der Waals surface area contributed by atoms with Gasteiger partial charge in [0.25, 0.3) is 0 Å². The number of rotatable bonds is 4. The maximum atomic E-state index is 12.1. The first-order chi connectivity index (χ1) is 9.37. The van der Waals surface area contributed by atoms with Gasteiger partial charge >= 0.3 is 0 Å². The first-order valence-electron chi connectivity index (χ1n) is 7.10. The minimum Gasteiger partial charge on any atom is -0.379 e. The van der Waals surface area contributed by atoms with Crippen molar-refractivity contribution in [3.05, 3.63) is 23.3 Å². The Balaban J connectivity index is 2.31. The van der Waals surface area contributed by atoms with Gasteiger partial charge in [-0.15, -0.1) is 0 Å². The van der Waals surface area contributed by atoms with Gasteiger partial charge < -0.3 is 14.6 Å².